The monoisotopic (exact) mass is 418 g/mol. The molecule has 2 N–H and O–H groups in total. The highest BCUT2D eigenvalue weighted by molar-refractivity contribution is 6.37. The molecule has 1 aliphatic heterocycles. The van der Waals surface area contributed by atoms with Crippen LogP contribution in [-0.4, -0.2) is 31.2 Å². The van der Waals surface area contributed by atoms with E-state index >= 15 is 0 Å². The molecule has 31 heavy (non-hydrogen) atoms. The van der Waals surface area contributed by atoms with Crippen LogP contribution in [-0.2, 0) is 0 Å². The first-order valence-corrected chi connectivity index (χ1v) is 9.38. The maximum atomic E-state index is 13.0. The molecular formula is C23H14O8. The average Bonchev–Trinajstić information content (AvgIpc) is 2.93. The number of benzene rings is 5. The van der Waals surface area contributed by atoms with E-state index in [4.69, 9.17) is 18.9 Å². The fraction of sp³-hybridized carbons (Fsp3) is 0.130. The zero-order valence-corrected chi connectivity index (χ0v) is 16.4. The zero-order valence-electron chi connectivity index (χ0n) is 16.4. The minimum absolute atomic E-state index is 0.0709. The van der Waals surface area contributed by atoms with Crippen LogP contribution < -0.4 is 29.8 Å². The van der Waals surface area contributed by atoms with Crippen LogP contribution in [0.2, 0.25) is 0 Å². The van der Waals surface area contributed by atoms with Gasteiger partial charge in [0.25, 0.3) is 0 Å². The standard InChI is InChI=1S/C23H14O8/c1-28-14-3-8-9-4-15(29-2)23(27)19-11(25)6-13-21(17(9)19)20-12(30-7-31-13)5-10(24)18(16(8)20)22(14)26/h3-6,26-27H,7H2,1-2H3. The highest BCUT2D eigenvalue weighted by Crippen LogP contribution is 2.52. The minimum atomic E-state index is -0.444. The van der Waals surface area contributed by atoms with Gasteiger partial charge in [0.05, 0.1) is 25.0 Å². The molecule has 0 fully saturated rings. The number of rotatable bonds is 2. The van der Waals surface area contributed by atoms with Crippen LogP contribution in [0.3, 0.4) is 0 Å². The molecule has 0 saturated heterocycles. The summed E-state index contributed by atoms with van der Waals surface area (Å²) in [4.78, 5) is 25.9. The number of hydrogen-bond donors (Lipinski definition) is 2. The van der Waals surface area contributed by atoms with E-state index in [1.165, 1.54) is 26.4 Å². The van der Waals surface area contributed by atoms with Crippen LogP contribution in [0.4, 0.5) is 0 Å². The molecule has 0 spiro atoms. The maximum Gasteiger partial charge on any atom is 0.230 e. The number of phenols is 2. The summed E-state index contributed by atoms with van der Waals surface area (Å²) in [5.41, 5.74) is -0.888. The second kappa shape index (κ2) is 5.69. The molecule has 0 radical (unpaired) electrons. The molecule has 0 aliphatic carbocycles. The lowest BCUT2D eigenvalue weighted by atomic mass is 9.87. The van der Waals surface area contributed by atoms with Crippen molar-refractivity contribution in [3.8, 4) is 34.5 Å². The Morgan fingerprint density at radius 1 is 0.677 bits per heavy atom. The molecule has 6 rings (SSSR count). The van der Waals surface area contributed by atoms with Gasteiger partial charge in [0, 0.05) is 33.7 Å². The first-order chi connectivity index (χ1) is 15.0. The fourth-order valence-corrected chi connectivity index (χ4v) is 4.68. The van der Waals surface area contributed by atoms with Gasteiger partial charge in [-0.05, 0) is 22.9 Å². The van der Waals surface area contributed by atoms with Gasteiger partial charge in [-0.25, -0.2) is 0 Å². The second-order valence-electron chi connectivity index (χ2n) is 7.35. The molecule has 0 aromatic heterocycles. The van der Waals surface area contributed by atoms with Crippen LogP contribution >= 0.6 is 0 Å². The second-order valence-corrected chi connectivity index (χ2v) is 7.35. The molecule has 0 saturated carbocycles. The van der Waals surface area contributed by atoms with Crippen molar-refractivity contribution >= 4 is 43.1 Å². The molecule has 0 amide bonds. The van der Waals surface area contributed by atoms with Crippen LogP contribution in [0.1, 0.15) is 0 Å². The van der Waals surface area contributed by atoms with E-state index in [2.05, 4.69) is 0 Å². The first kappa shape index (κ1) is 17.6. The quantitative estimate of drug-likeness (QED) is 0.332. The van der Waals surface area contributed by atoms with E-state index in [1.807, 2.05) is 0 Å². The number of methoxy groups -OCH3 is 2. The van der Waals surface area contributed by atoms with E-state index in [0.717, 1.165) is 0 Å². The smallest absolute Gasteiger partial charge is 0.230 e. The lowest BCUT2D eigenvalue weighted by Crippen LogP contribution is -2.07. The average molecular weight is 418 g/mol. The van der Waals surface area contributed by atoms with Crippen molar-refractivity contribution in [2.45, 2.75) is 0 Å². The normalized spacial score (nSPS) is 13.1. The Hall–Kier alpha value is -4.20. The largest absolute Gasteiger partial charge is 0.504 e. The summed E-state index contributed by atoms with van der Waals surface area (Å²) in [6.45, 7) is -0.204. The molecule has 5 aromatic rings. The molecular weight excluding hydrogens is 404 g/mol. The SMILES string of the molecule is COc1cc2c3cc(OC)c(O)c4c(=O)cc5c(c6c(cc(=O)c(c1O)c26)OCO5)c43. The number of aromatic hydroxyl groups is 2. The predicted octanol–water partition coefficient (Wildman–Crippen LogP) is 3.05. The number of hydrogen-bond acceptors (Lipinski definition) is 8. The molecule has 1 aliphatic rings. The third kappa shape index (κ3) is 1.99. The Labute approximate surface area is 173 Å². The fourth-order valence-electron chi connectivity index (χ4n) is 4.68. The molecule has 1 heterocycles. The Morgan fingerprint density at radius 3 is 1.48 bits per heavy atom. The summed E-state index contributed by atoms with van der Waals surface area (Å²) in [5.74, 6) is 0.171. The van der Waals surface area contributed by atoms with Crippen molar-refractivity contribution < 1.29 is 29.2 Å². The topological polar surface area (TPSA) is 112 Å². The van der Waals surface area contributed by atoms with Gasteiger partial charge in [-0.3, -0.25) is 9.59 Å². The highest BCUT2D eigenvalue weighted by atomic mass is 16.7. The van der Waals surface area contributed by atoms with Crippen LogP contribution in [0.5, 0.6) is 34.5 Å². The number of fused-ring (bicyclic) bond motifs is 1. The zero-order chi connectivity index (χ0) is 21.6. The van der Waals surface area contributed by atoms with Crippen molar-refractivity contribution in [1.29, 1.82) is 0 Å². The van der Waals surface area contributed by atoms with Crippen molar-refractivity contribution in [2.75, 3.05) is 21.0 Å². The first-order valence-electron chi connectivity index (χ1n) is 9.38. The summed E-state index contributed by atoms with van der Waals surface area (Å²) in [6, 6.07) is 5.75. The molecule has 0 atom stereocenters. The molecule has 0 unspecified atom stereocenters. The Morgan fingerprint density at radius 2 is 1.10 bits per heavy atom. The van der Waals surface area contributed by atoms with Gasteiger partial charge in [-0.1, -0.05) is 0 Å². The van der Waals surface area contributed by atoms with Gasteiger partial charge in [0.1, 0.15) is 11.5 Å². The van der Waals surface area contributed by atoms with Gasteiger partial charge < -0.3 is 29.2 Å². The van der Waals surface area contributed by atoms with Crippen molar-refractivity contribution in [2.24, 2.45) is 0 Å². The number of phenolic OH excluding ortho intramolecular Hbond substituents is 2. The van der Waals surface area contributed by atoms with Gasteiger partial charge in [-0.2, -0.15) is 0 Å². The summed E-state index contributed by atoms with van der Waals surface area (Å²) < 4.78 is 22.0. The predicted molar refractivity (Wildman–Crippen MR) is 114 cm³/mol. The molecule has 154 valence electrons. The highest BCUT2D eigenvalue weighted by Gasteiger charge is 2.29. The lowest BCUT2D eigenvalue weighted by molar-refractivity contribution is 0.125. The number of ether oxygens (including phenoxy) is 4. The summed E-state index contributed by atoms with van der Waals surface area (Å²) in [6.07, 6.45) is 0. The Kier molecular flexibility index (Phi) is 3.24. The van der Waals surface area contributed by atoms with E-state index in [0.29, 0.717) is 32.3 Å². The minimum Gasteiger partial charge on any atom is -0.504 e. The van der Waals surface area contributed by atoms with Crippen LogP contribution in [0.25, 0.3) is 43.1 Å². The Bertz CT molecular complexity index is 1560. The van der Waals surface area contributed by atoms with Crippen molar-refractivity contribution in [1.82, 2.24) is 0 Å². The molecule has 8 heteroatoms. The molecule has 5 aromatic carbocycles. The van der Waals surface area contributed by atoms with Gasteiger partial charge in [0.15, 0.2) is 33.9 Å². The van der Waals surface area contributed by atoms with Crippen LogP contribution in [0.15, 0.2) is 33.9 Å². The van der Waals surface area contributed by atoms with Gasteiger partial charge >= 0.3 is 0 Å². The third-order valence-electron chi connectivity index (χ3n) is 5.95. The van der Waals surface area contributed by atoms with E-state index in [9.17, 15) is 19.8 Å². The van der Waals surface area contributed by atoms with Gasteiger partial charge in [0.2, 0.25) is 6.79 Å². The van der Waals surface area contributed by atoms with Crippen LogP contribution in [0, 0.1) is 0 Å². The summed E-state index contributed by atoms with van der Waals surface area (Å²) >= 11 is 0. The van der Waals surface area contributed by atoms with Crippen molar-refractivity contribution in [3.05, 3.63) is 44.7 Å². The Balaban J connectivity index is 2.11. The third-order valence-corrected chi connectivity index (χ3v) is 5.95. The van der Waals surface area contributed by atoms with E-state index < -0.39 is 10.9 Å². The van der Waals surface area contributed by atoms with E-state index in [1.54, 1.807) is 12.1 Å². The molecule has 8 nitrogen and oxygen atoms in total. The van der Waals surface area contributed by atoms with Gasteiger partial charge in [-0.15, -0.1) is 0 Å². The summed E-state index contributed by atoms with van der Waals surface area (Å²) in [5, 5.41) is 24.7. The molecule has 0 bridgehead atoms. The van der Waals surface area contributed by atoms with Crippen molar-refractivity contribution in [3.63, 3.8) is 0 Å². The maximum absolute atomic E-state index is 13.0. The summed E-state index contributed by atoms with van der Waals surface area (Å²) in [7, 11) is 2.77. The lowest BCUT2D eigenvalue weighted by Gasteiger charge is -2.18. The van der Waals surface area contributed by atoms with E-state index in [-0.39, 0.29) is 52.1 Å².